The van der Waals surface area contributed by atoms with Crippen molar-refractivity contribution in [2.24, 2.45) is 0 Å². The number of nitriles is 1. The van der Waals surface area contributed by atoms with Crippen LogP contribution in [-0.2, 0) is 22.8 Å². The minimum Gasteiger partial charge on any atom is -0.225 e. The van der Waals surface area contributed by atoms with Crippen molar-refractivity contribution in [3.8, 4) is 6.07 Å². The molecule has 0 aliphatic carbocycles. The first-order valence-electron chi connectivity index (χ1n) is 5.43. The van der Waals surface area contributed by atoms with Crippen LogP contribution in [0.2, 0.25) is 0 Å². The third kappa shape index (κ3) is 6.66. The zero-order chi connectivity index (χ0) is 14.2. The third-order valence-corrected chi connectivity index (χ3v) is 3.09. The molecule has 0 aromatic heterocycles. The predicted molar refractivity (Wildman–Crippen MR) is 65.0 cm³/mol. The number of hydroxylamine groups is 2. The second kappa shape index (κ2) is 8.83. The molecule has 0 heterocycles. The van der Waals surface area contributed by atoms with Gasteiger partial charge in [-0.15, -0.1) is 4.67 Å². The van der Waals surface area contributed by atoms with Crippen molar-refractivity contribution in [2.75, 3.05) is 6.61 Å². The Bertz CT molecular complexity index is 313. The van der Waals surface area contributed by atoms with Gasteiger partial charge in [-0.2, -0.15) is 19.0 Å². The number of rotatable bonds is 9. The minimum absolute atomic E-state index is 0.0620. The quantitative estimate of drug-likeness (QED) is 0.280. The van der Waals surface area contributed by atoms with Crippen molar-refractivity contribution in [1.82, 2.24) is 5.06 Å². The van der Waals surface area contributed by atoms with Gasteiger partial charge in [0.05, 0.1) is 31.0 Å². The number of nitrogens with zero attached hydrogens (tertiary/aromatic N) is 2. The van der Waals surface area contributed by atoms with Gasteiger partial charge in [-0.05, 0) is 27.7 Å². The summed E-state index contributed by atoms with van der Waals surface area (Å²) in [7, 11) is -4.04. The number of phosphoric acid groups is 1. The topological polar surface area (TPSA) is 81.0 Å². The molecule has 0 bridgehead atoms. The third-order valence-electron chi connectivity index (χ3n) is 1.74. The van der Waals surface area contributed by atoms with Crippen LogP contribution in [0.15, 0.2) is 0 Å². The molecule has 0 rings (SSSR count). The normalized spacial score (nSPS) is 15.1. The summed E-state index contributed by atoms with van der Waals surface area (Å²) in [6.07, 6.45) is 0.0837. The van der Waals surface area contributed by atoms with E-state index in [1.54, 1.807) is 0 Å². The van der Waals surface area contributed by atoms with Crippen LogP contribution < -0.4 is 0 Å². The zero-order valence-corrected chi connectivity index (χ0v) is 12.5. The highest BCUT2D eigenvalue weighted by atomic mass is 35.5. The average Bonchev–Trinajstić information content (AvgIpc) is 2.31. The summed E-state index contributed by atoms with van der Waals surface area (Å²) in [5.41, 5.74) is 0. The molecule has 0 amide bonds. The van der Waals surface area contributed by atoms with Crippen LogP contribution in [0.25, 0.3) is 0 Å². The van der Waals surface area contributed by atoms with E-state index in [1.807, 2.05) is 33.8 Å². The predicted octanol–water partition coefficient (Wildman–Crippen LogP) is 3.18. The van der Waals surface area contributed by atoms with E-state index in [4.69, 9.17) is 21.8 Å². The van der Waals surface area contributed by atoms with Crippen LogP contribution in [0.1, 0.15) is 34.1 Å². The van der Waals surface area contributed by atoms with Gasteiger partial charge in [0.1, 0.15) is 0 Å². The fourth-order valence-corrected chi connectivity index (χ4v) is 2.16. The van der Waals surface area contributed by atoms with Crippen molar-refractivity contribution in [3.63, 3.8) is 0 Å². The highest BCUT2D eigenvalue weighted by Gasteiger charge is 2.34. The molecule has 1 unspecified atom stereocenters. The lowest BCUT2D eigenvalue weighted by atomic mass is 10.3. The molecule has 0 saturated heterocycles. The molecule has 0 aromatic carbocycles. The summed E-state index contributed by atoms with van der Waals surface area (Å²) in [4.78, 5) is 4.54. The van der Waals surface area contributed by atoms with Gasteiger partial charge in [-0.1, -0.05) is 0 Å². The molecule has 1 atom stereocenters. The molecule has 0 saturated carbocycles. The van der Waals surface area contributed by atoms with Crippen molar-refractivity contribution < 1.29 is 22.8 Å². The maximum atomic E-state index is 11.9. The van der Waals surface area contributed by atoms with Gasteiger partial charge in [0.25, 0.3) is 0 Å². The number of hydrogen-bond donors (Lipinski definition) is 0. The van der Waals surface area contributed by atoms with Gasteiger partial charge in [-0.3, -0.25) is 0 Å². The lowest BCUT2D eigenvalue weighted by Gasteiger charge is -2.30. The molecule has 0 aromatic rings. The molecular weight excluding hydrogens is 283 g/mol. The number of halogens is 1. The van der Waals surface area contributed by atoms with E-state index in [2.05, 4.69) is 13.6 Å². The van der Waals surface area contributed by atoms with Crippen LogP contribution in [0, 0.1) is 11.3 Å². The molecule has 18 heavy (non-hydrogen) atoms. The summed E-state index contributed by atoms with van der Waals surface area (Å²) in [6.45, 7) is 7.31. The maximum absolute atomic E-state index is 11.9. The molecule has 106 valence electrons. The Morgan fingerprint density at radius 1 is 1.33 bits per heavy atom. The Labute approximate surface area is 112 Å². The summed E-state index contributed by atoms with van der Waals surface area (Å²) >= 11 is 5.09. The Morgan fingerprint density at radius 2 is 1.89 bits per heavy atom. The fraction of sp³-hybridized carbons (Fsp3) is 0.889. The summed E-state index contributed by atoms with van der Waals surface area (Å²) in [6, 6.07) is 1.71. The van der Waals surface area contributed by atoms with Gasteiger partial charge in [0, 0.05) is 12.1 Å². The van der Waals surface area contributed by atoms with Crippen LogP contribution in [0.4, 0.5) is 0 Å². The Hall–Kier alpha value is -0.190. The molecule has 0 aliphatic heterocycles. The van der Waals surface area contributed by atoms with Crippen LogP contribution in [0.5, 0.6) is 0 Å². The van der Waals surface area contributed by atoms with E-state index in [-0.39, 0.29) is 25.1 Å². The largest absolute Gasteiger partial charge is 0.535 e. The van der Waals surface area contributed by atoms with E-state index in [1.165, 1.54) is 5.06 Å². The molecule has 0 fully saturated rings. The van der Waals surface area contributed by atoms with E-state index >= 15 is 0 Å². The molecule has 9 heteroatoms. The van der Waals surface area contributed by atoms with E-state index in [0.717, 1.165) is 0 Å². The van der Waals surface area contributed by atoms with Gasteiger partial charge in [-0.25, -0.2) is 9.45 Å². The van der Waals surface area contributed by atoms with Crippen molar-refractivity contribution >= 4 is 19.7 Å². The smallest absolute Gasteiger partial charge is 0.225 e. The van der Waals surface area contributed by atoms with Crippen LogP contribution >= 0.6 is 19.7 Å². The van der Waals surface area contributed by atoms with E-state index in [0.29, 0.717) is 0 Å². The molecule has 0 spiro atoms. The summed E-state index contributed by atoms with van der Waals surface area (Å²) in [5.74, 6) is 0. The van der Waals surface area contributed by atoms with Gasteiger partial charge in [0.15, 0.2) is 0 Å². The standard InChI is InChI=1S/C9H18ClN2O5P/c1-8(2)12(9(3)4)16-18(13,15-10)17-14-7-5-6-11/h8-9H,5,7H2,1-4H3. The van der Waals surface area contributed by atoms with Crippen molar-refractivity contribution in [3.05, 3.63) is 0 Å². The second-order valence-corrected chi connectivity index (χ2v) is 5.71. The van der Waals surface area contributed by atoms with Gasteiger partial charge < -0.3 is 0 Å². The Kier molecular flexibility index (Phi) is 8.74. The van der Waals surface area contributed by atoms with Gasteiger partial charge in [0.2, 0.25) is 0 Å². The Morgan fingerprint density at radius 3 is 2.28 bits per heavy atom. The first-order chi connectivity index (χ1) is 8.36. The Balaban J connectivity index is 4.45. The van der Waals surface area contributed by atoms with Gasteiger partial charge >= 0.3 is 7.82 Å². The summed E-state index contributed by atoms with van der Waals surface area (Å²) in [5, 5.41) is 9.71. The minimum atomic E-state index is -4.04. The molecule has 0 N–H and O–H groups in total. The molecule has 0 aliphatic rings. The first-order valence-corrected chi connectivity index (χ1v) is 7.19. The molecule has 0 radical (unpaired) electrons. The van der Waals surface area contributed by atoms with E-state index in [9.17, 15) is 4.57 Å². The SMILES string of the molecule is CC(C)N(OP(=O)(OCl)OOCCC#N)C(C)C. The molecule has 7 nitrogen and oxygen atoms in total. The lowest BCUT2D eigenvalue weighted by Crippen LogP contribution is -2.36. The van der Waals surface area contributed by atoms with Crippen molar-refractivity contribution in [2.45, 2.75) is 46.2 Å². The van der Waals surface area contributed by atoms with Crippen LogP contribution in [0.3, 0.4) is 0 Å². The van der Waals surface area contributed by atoms with E-state index < -0.39 is 7.82 Å². The second-order valence-electron chi connectivity index (χ2n) is 3.95. The first kappa shape index (κ1) is 17.8. The maximum Gasteiger partial charge on any atom is 0.535 e. The number of hydrogen-bond acceptors (Lipinski definition) is 7. The zero-order valence-electron chi connectivity index (χ0n) is 10.8. The highest BCUT2D eigenvalue weighted by Crippen LogP contribution is 2.52. The monoisotopic (exact) mass is 300 g/mol. The lowest BCUT2D eigenvalue weighted by molar-refractivity contribution is -0.243. The van der Waals surface area contributed by atoms with Crippen LogP contribution in [-0.4, -0.2) is 23.8 Å². The van der Waals surface area contributed by atoms with Crippen molar-refractivity contribution in [1.29, 1.82) is 5.26 Å². The summed E-state index contributed by atoms with van der Waals surface area (Å²) < 4.78 is 25.7. The average molecular weight is 301 g/mol. The highest BCUT2D eigenvalue weighted by molar-refractivity contribution is 7.49. The molecular formula is C9H18ClN2O5P. The fourth-order valence-electron chi connectivity index (χ4n) is 1.13.